The lowest BCUT2D eigenvalue weighted by atomic mass is 10.3. The summed E-state index contributed by atoms with van der Waals surface area (Å²) in [7, 11) is 1.94. The van der Waals surface area contributed by atoms with Crippen molar-refractivity contribution in [3.05, 3.63) is 33.2 Å². The number of rotatable bonds is 4. The van der Waals surface area contributed by atoms with E-state index in [1.807, 2.05) is 32.5 Å². The summed E-state index contributed by atoms with van der Waals surface area (Å²) in [5, 5.41) is 7.65. The zero-order valence-corrected chi connectivity index (χ0v) is 12.6. The second-order valence-electron chi connectivity index (χ2n) is 4.32. The predicted octanol–water partition coefficient (Wildman–Crippen LogP) is 2.39. The molecule has 1 N–H and O–H groups in total. The van der Waals surface area contributed by atoms with Gasteiger partial charge in [0.15, 0.2) is 0 Å². The van der Waals surface area contributed by atoms with Crippen molar-refractivity contribution in [2.75, 3.05) is 0 Å². The molecule has 2 rings (SSSR count). The van der Waals surface area contributed by atoms with Gasteiger partial charge in [-0.25, -0.2) is 4.98 Å². The Morgan fingerprint density at radius 1 is 1.22 bits per heavy atom. The normalized spacial score (nSPS) is 11.2. The Kier molecular flexibility index (Phi) is 3.87. The van der Waals surface area contributed by atoms with Crippen LogP contribution in [0.1, 0.15) is 28.7 Å². The molecule has 0 aliphatic heterocycles. The highest BCUT2D eigenvalue weighted by Gasteiger charge is 2.11. The second kappa shape index (κ2) is 5.24. The number of nitrogens with one attached hydrogen (secondary N) is 1. The van der Waals surface area contributed by atoms with Crippen LogP contribution in [-0.2, 0) is 20.1 Å². The molecule has 0 aromatic carbocycles. The molecular weight excluding hydrogens is 296 g/mol. The number of aromatic nitrogens is 3. The van der Waals surface area contributed by atoms with Crippen LogP contribution in [0.4, 0.5) is 0 Å². The van der Waals surface area contributed by atoms with Gasteiger partial charge in [-0.3, -0.25) is 4.68 Å². The molecule has 2 aromatic rings. The van der Waals surface area contributed by atoms with Crippen molar-refractivity contribution in [2.24, 2.45) is 7.05 Å². The first kappa shape index (κ1) is 13.3. The van der Waals surface area contributed by atoms with Gasteiger partial charge in [-0.2, -0.15) is 5.10 Å². The highest BCUT2D eigenvalue weighted by molar-refractivity contribution is 9.10. The molecule has 98 valence electrons. The maximum Gasteiger partial charge on any atom is 0.208 e. The number of nitrogens with zero attached hydrogens (tertiary/aromatic N) is 3. The molecule has 5 nitrogen and oxygen atoms in total. The van der Waals surface area contributed by atoms with Crippen LogP contribution >= 0.6 is 15.9 Å². The van der Waals surface area contributed by atoms with Gasteiger partial charge >= 0.3 is 0 Å². The van der Waals surface area contributed by atoms with Crippen LogP contribution < -0.4 is 5.32 Å². The SMILES string of the molecule is Cc1nc(CNCc2c(Br)c(C)nn2C)oc1C. The van der Waals surface area contributed by atoms with Crippen LogP contribution in [0.5, 0.6) is 0 Å². The summed E-state index contributed by atoms with van der Waals surface area (Å²) in [5.41, 5.74) is 3.06. The van der Waals surface area contributed by atoms with E-state index in [0.717, 1.165) is 39.8 Å². The maximum atomic E-state index is 5.51. The predicted molar refractivity (Wildman–Crippen MR) is 72.2 cm³/mol. The summed E-state index contributed by atoms with van der Waals surface area (Å²) >= 11 is 3.54. The average molecular weight is 313 g/mol. The Hall–Kier alpha value is -1.14. The first-order valence-corrected chi connectivity index (χ1v) is 6.60. The van der Waals surface area contributed by atoms with E-state index in [2.05, 4.69) is 31.3 Å². The zero-order valence-electron chi connectivity index (χ0n) is 11.0. The molecule has 0 aliphatic carbocycles. The molecule has 0 amide bonds. The molecule has 0 saturated heterocycles. The third-order valence-corrected chi connectivity index (χ3v) is 3.93. The van der Waals surface area contributed by atoms with Crippen LogP contribution in [0.2, 0.25) is 0 Å². The molecule has 0 atom stereocenters. The third kappa shape index (κ3) is 2.64. The monoisotopic (exact) mass is 312 g/mol. The van der Waals surface area contributed by atoms with Crippen LogP contribution in [0, 0.1) is 20.8 Å². The molecule has 0 spiro atoms. The topological polar surface area (TPSA) is 55.9 Å². The molecule has 2 aromatic heterocycles. The van der Waals surface area contributed by atoms with Crippen molar-refractivity contribution >= 4 is 15.9 Å². The Morgan fingerprint density at radius 2 is 1.94 bits per heavy atom. The van der Waals surface area contributed by atoms with Crippen molar-refractivity contribution in [3.8, 4) is 0 Å². The second-order valence-corrected chi connectivity index (χ2v) is 5.12. The Bertz CT molecular complexity index is 539. The lowest BCUT2D eigenvalue weighted by Crippen LogP contribution is -2.15. The van der Waals surface area contributed by atoms with E-state index in [4.69, 9.17) is 4.42 Å². The lowest BCUT2D eigenvalue weighted by Gasteiger charge is -2.03. The van der Waals surface area contributed by atoms with Gasteiger partial charge in [-0.1, -0.05) is 0 Å². The van der Waals surface area contributed by atoms with Crippen LogP contribution in [0.25, 0.3) is 0 Å². The van der Waals surface area contributed by atoms with Gasteiger partial charge in [-0.15, -0.1) is 0 Å². The number of hydrogen-bond acceptors (Lipinski definition) is 4. The fourth-order valence-electron chi connectivity index (χ4n) is 1.77. The zero-order chi connectivity index (χ0) is 13.3. The van der Waals surface area contributed by atoms with Crippen molar-refractivity contribution in [1.82, 2.24) is 20.1 Å². The Balaban J connectivity index is 1.96. The summed E-state index contributed by atoms with van der Waals surface area (Å²) < 4.78 is 8.44. The van der Waals surface area contributed by atoms with E-state index >= 15 is 0 Å². The molecule has 0 saturated carbocycles. The Labute approximate surface area is 115 Å². The van der Waals surface area contributed by atoms with Crippen LogP contribution in [0.3, 0.4) is 0 Å². The van der Waals surface area contributed by atoms with E-state index in [1.165, 1.54) is 0 Å². The minimum Gasteiger partial charge on any atom is -0.444 e. The number of oxazole rings is 1. The smallest absolute Gasteiger partial charge is 0.208 e. The van der Waals surface area contributed by atoms with Gasteiger partial charge in [0.05, 0.1) is 28.1 Å². The first-order valence-electron chi connectivity index (χ1n) is 5.80. The van der Waals surface area contributed by atoms with Crippen molar-refractivity contribution in [2.45, 2.75) is 33.9 Å². The Morgan fingerprint density at radius 3 is 2.44 bits per heavy atom. The quantitative estimate of drug-likeness (QED) is 0.941. The summed E-state index contributed by atoms with van der Waals surface area (Å²) in [6.07, 6.45) is 0. The van der Waals surface area contributed by atoms with E-state index in [9.17, 15) is 0 Å². The largest absolute Gasteiger partial charge is 0.444 e. The van der Waals surface area contributed by atoms with Crippen LogP contribution in [0.15, 0.2) is 8.89 Å². The summed E-state index contributed by atoms with van der Waals surface area (Å²) in [4.78, 5) is 4.33. The summed E-state index contributed by atoms with van der Waals surface area (Å²) in [5.74, 6) is 1.60. The number of halogens is 1. The van der Waals surface area contributed by atoms with Gasteiger partial charge in [0.1, 0.15) is 5.76 Å². The average Bonchev–Trinajstić information content (AvgIpc) is 2.73. The van der Waals surface area contributed by atoms with Gasteiger partial charge in [0, 0.05) is 13.6 Å². The van der Waals surface area contributed by atoms with Crippen molar-refractivity contribution in [1.29, 1.82) is 0 Å². The number of aryl methyl sites for hydroxylation is 4. The summed E-state index contributed by atoms with van der Waals surface area (Å²) in [6, 6.07) is 0. The van der Waals surface area contributed by atoms with E-state index in [0.29, 0.717) is 6.54 Å². The minimum atomic E-state index is 0.616. The molecule has 0 bridgehead atoms. The van der Waals surface area contributed by atoms with Gasteiger partial charge in [0.2, 0.25) is 5.89 Å². The van der Waals surface area contributed by atoms with E-state index in [-0.39, 0.29) is 0 Å². The van der Waals surface area contributed by atoms with Crippen LogP contribution in [-0.4, -0.2) is 14.8 Å². The molecule has 6 heteroatoms. The van der Waals surface area contributed by atoms with Gasteiger partial charge < -0.3 is 9.73 Å². The fourth-order valence-corrected chi connectivity index (χ4v) is 2.25. The molecular formula is C12H17BrN4O. The van der Waals surface area contributed by atoms with E-state index < -0.39 is 0 Å². The lowest BCUT2D eigenvalue weighted by molar-refractivity contribution is 0.446. The molecule has 0 unspecified atom stereocenters. The molecule has 2 heterocycles. The first-order chi connectivity index (χ1) is 8.49. The molecule has 18 heavy (non-hydrogen) atoms. The molecule has 0 aliphatic rings. The van der Waals surface area contributed by atoms with Crippen molar-refractivity contribution in [3.63, 3.8) is 0 Å². The minimum absolute atomic E-state index is 0.616. The van der Waals surface area contributed by atoms with Crippen molar-refractivity contribution < 1.29 is 4.42 Å². The number of hydrogen-bond donors (Lipinski definition) is 1. The highest BCUT2D eigenvalue weighted by Crippen LogP contribution is 2.19. The maximum absolute atomic E-state index is 5.51. The molecule has 0 radical (unpaired) electrons. The van der Waals surface area contributed by atoms with Gasteiger partial charge in [0.25, 0.3) is 0 Å². The highest BCUT2D eigenvalue weighted by atomic mass is 79.9. The molecule has 0 fully saturated rings. The third-order valence-electron chi connectivity index (χ3n) is 2.90. The van der Waals surface area contributed by atoms with Gasteiger partial charge in [-0.05, 0) is 36.7 Å². The fraction of sp³-hybridized carbons (Fsp3) is 0.500. The van der Waals surface area contributed by atoms with E-state index in [1.54, 1.807) is 0 Å². The standard InChI is InChI=1S/C12H17BrN4O/c1-7-9(3)18-11(15-7)6-14-5-10-12(13)8(2)16-17(10)4/h14H,5-6H2,1-4H3. The summed E-state index contributed by atoms with van der Waals surface area (Å²) in [6.45, 7) is 7.19.